The van der Waals surface area contributed by atoms with Crippen LogP contribution in [0, 0.1) is 13.8 Å². The maximum atomic E-state index is 13.2. The zero-order valence-corrected chi connectivity index (χ0v) is 17.1. The second-order valence-electron chi connectivity index (χ2n) is 7.06. The van der Waals surface area contributed by atoms with Crippen LogP contribution in [0.15, 0.2) is 72.8 Å². The van der Waals surface area contributed by atoms with Gasteiger partial charge in [0.1, 0.15) is 6.04 Å². The van der Waals surface area contributed by atoms with Gasteiger partial charge in [0.05, 0.1) is 0 Å². The SMILES string of the molecule is Cc1ccc(C)c(NC(=O)[C@@H](N[C@H](C)c2ccccc2Cl)c2ccccc2)c1. The van der Waals surface area contributed by atoms with Crippen molar-refractivity contribution in [3.8, 4) is 0 Å². The first-order valence-corrected chi connectivity index (χ1v) is 9.77. The fourth-order valence-corrected chi connectivity index (χ4v) is 3.51. The molecule has 2 N–H and O–H groups in total. The summed E-state index contributed by atoms with van der Waals surface area (Å²) < 4.78 is 0. The summed E-state index contributed by atoms with van der Waals surface area (Å²) in [5, 5.41) is 7.22. The van der Waals surface area contributed by atoms with Gasteiger partial charge in [0, 0.05) is 16.8 Å². The summed E-state index contributed by atoms with van der Waals surface area (Å²) in [6.07, 6.45) is 0. The predicted molar refractivity (Wildman–Crippen MR) is 117 cm³/mol. The molecule has 0 saturated carbocycles. The number of nitrogens with one attached hydrogen (secondary N) is 2. The Hall–Kier alpha value is -2.62. The van der Waals surface area contributed by atoms with E-state index in [1.807, 2.05) is 93.6 Å². The van der Waals surface area contributed by atoms with Gasteiger partial charge < -0.3 is 5.32 Å². The van der Waals surface area contributed by atoms with E-state index in [2.05, 4.69) is 10.6 Å². The number of halogens is 1. The quantitative estimate of drug-likeness (QED) is 0.541. The van der Waals surface area contributed by atoms with Gasteiger partial charge >= 0.3 is 0 Å². The molecule has 3 nitrogen and oxygen atoms in total. The zero-order valence-electron chi connectivity index (χ0n) is 16.4. The molecule has 3 aromatic rings. The van der Waals surface area contributed by atoms with E-state index >= 15 is 0 Å². The van der Waals surface area contributed by atoms with Crippen LogP contribution in [0.3, 0.4) is 0 Å². The van der Waals surface area contributed by atoms with Crippen LogP contribution in [-0.2, 0) is 4.79 Å². The fraction of sp³-hybridized carbons (Fsp3) is 0.208. The van der Waals surface area contributed by atoms with E-state index in [9.17, 15) is 4.79 Å². The maximum absolute atomic E-state index is 13.2. The van der Waals surface area contributed by atoms with Crippen molar-refractivity contribution in [2.45, 2.75) is 32.9 Å². The van der Waals surface area contributed by atoms with E-state index in [-0.39, 0.29) is 11.9 Å². The largest absolute Gasteiger partial charge is 0.324 e. The van der Waals surface area contributed by atoms with Crippen LogP contribution in [0.4, 0.5) is 5.69 Å². The Morgan fingerprint density at radius 3 is 2.32 bits per heavy atom. The Balaban J connectivity index is 1.88. The standard InChI is InChI=1S/C24H25ClN2O/c1-16-13-14-17(2)22(15-16)27-24(28)23(19-9-5-4-6-10-19)26-18(3)20-11-7-8-12-21(20)25/h4-15,18,23,26H,1-3H3,(H,27,28)/t18-,23+/m1/s1. The van der Waals surface area contributed by atoms with Gasteiger partial charge in [0.15, 0.2) is 0 Å². The molecule has 0 aromatic heterocycles. The second kappa shape index (κ2) is 9.05. The van der Waals surface area contributed by atoms with E-state index in [0.717, 1.165) is 27.9 Å². The van der Waals surface area contributed by atoms with Crippen molar-refractivity contribution in [2.75, 3.05) is 5.32 Å². The molecule has 2 atom stereocenters. The van der Waals surface area contributed by atoms with Gasteiger partial charge in [-0.15, -0.1) is 0 Å². The lowest BCUT2D eigenvalue weighted by Gasteiger charge is -2.24. The minimum absolute atomic E-state index is 0.0942. The summed E-state index contributed by atoms with van der Waals surface area (Å²) in [5.74, 6) is -0.0983. The molecule has 0 aliphatic carbocycles. The topological polar surface area (TPSA) is 41.1 Å². The zero-order chi connectivity index (χ0) is 20.1. The summed E-state index contributed by atoms with van der Waals surface area (Å²) >= 11 is 6.36. The highest BCUT2D eigenvalue weighted by Crippen LogP contribution is 2.26. The van der Waals surface area contributed by atoms with E-state index in [1.54, 1.807) is 0 Å². The normalized spacial score (nSPS) is 13.0. The Kier molecular flexibility index (Phi) is 6.50. The fourth-order valence-electron chi connectivity index (χ4n) is 3.21. The maximum Gasteiger partial charge on any atom is 0.246 e. The molecule has 0 fully saturated rings. The minimum Gasteiger partial charge on any atom is -0.324 e. The van der Waals surface area contributed by atoms with Gasteiger partial charge in [-0.2, -0.15) is 0 Å². The van der Waals surface area contributed by atoms with Crippen LogP contribution < -0.4 is 10.6 Å². The molecule has 0 saturated heterocycles. The molecule has 0 unspecified atom stereocenters. The second-order valence-corrected chi connectivity index (χ2v) is 7.47. The van der Waals surface area contributed by atoms with Crippen molar-refractivity contribution in [3.63, 3.8) is 0 Å². The molecular formula is C24H25ClN2O. The summed E-state index contributed by atoms with van der Waals surface area (Å²) in [7, 11) is 0. The number of carbonyl (C=O) groups is 1. The monoisotopic (exact) mass is 392 g/mol. The van der Waals surface area contributed by atoms with Crippen molar-refractivity contribution in [3.05, 3.63) is 100 Å². The third kappa shape index (κ3) is 4.80. The number of hydrogen-bond acceptors (Lipinski definition) is 2. The number of aryl methyl sites for hydroxylation is 2. The highest BCUT2D eigenvalue weighted by molar-refractivity contribution is 6.31. The molecule has 28 heavy (non-hydrogen) atoms. The molecule has 0 aliphatic rings. The molecular weight excluding hydrogens is 368 g/mol. The van der Waals surface area contributed by atoms with Crippen LogP contribution in [0.5, 0.6) is 0 Å². The van der Waals surface area contributed by atoms with Gasteiger partial charge in [-0.3, -0.25) is 10.1 Å². The first kappa shape index (κ1) is 20.1. The lowest BCUT2D eigenvalue weighted by Crippen LogP contribution is -2.35. The molecule has 0 aliphatic heterocycles. The molecule has 4 heteroatoms. The summed E-state index contributed by atoms with van der Waals surface area (Å²) in [6.45, 7) is 6.02. The average Bonchev–Trinajstić information content (AvgIpc) is 2.69. The van der Waals surface area contributed by atoms with Crippen molar-refractivity contribution < 1.29 is 4.79 Å². The number of amides is 1. The van der Waals surface area contributed by atoms with Crippen LogP contribution in [0.25, 0.3) is 0 Å². The molecule has 0 bridgehead atoms. The van der Waals surface area contributed by atoms with Gasteiger partial charge in [-0.1, -0.05) is 72.3 Å². The van der Waals surface area contributed by atoms with Crippen molar-refractivity contribution in [1.82, 2.24) is 5.32 Å². The van der Waals surface area contributed by atoms with Crippen LogP contribution in [0.1, 0.15) is 41.3 Å². The van der Waals surface area contributed by atoms with Gasteiger partial charge in [-0.25, -0.2) is 0 Å². The third-order valence-corrected chi connectivity index (χ3v) is 5.18. The molecule has 0 spiro atoms. The molecule has 144 valence electrons. The van der Waals surface area contributed by atoms with E-state index in [4.69, 9.17) is 11.6 Å². The first-order valence-electron chi connectivity index (χ1n) is 9.39. The van der Waals surface area contributed by atoms with Gasteiger partial charge in [0.2, 0.25) is 5.91 Å². The summed E-state index contributed by atoms with van der Waals surface area (Å²) in [5.41, 5.74) is 4.84. The van der Waals surface area contributed by atoms with Crippen LogP contribution in [0.2, 0.25) is 5.02 Å². The molecule has 3 aromatic carbocycles. The first-order chi connectivity index (χ1) is 13.5. The number of hydrogen-bond donors (Lipinski definition) is 2. The minimum atomic E-state index is -0.507. The van der Waals surface area contributed by atoms with E-state index in [1.165, 1.54) is 0 Å². The third-order valence-electron chi connectivity index (χ3n) is 4.83. The molecule has 0 heterocycles. The van der Waals surface area contributed by atoms with Crippen molar-refractivity contribution >= 4 is 23.2 Å². The number of carbonyl (C=O) groups excluding carboxylic acids is 1. The van der Waals surface area contributed by atoms with Crippen molar-refractivity contribution in [2.24, 2.45) is 0 Å². The van der Waals surface area contributed by atoms with Crippen molar-refractivity contribution in [1.29, 1.82) is 0 Å². The number of benzene rings is 3. The molecule has 0 radical (unpaired) electrons. The Morgan fingerprint density at radius 1 is 0.929 bits per heavy atom. The smallest absolute Gasteiger partial charge is 0.246 e. The van der Waals surface area contributed by atoms with Gasteiger partial charge in [0.25, 0.3) is 0 Å². The summed E-state index contributed by atoms with van der Waals surface area (Å²) in [4.78, 5) is 13.2. The van der Waals surface area contributed by atoms with Crippen LogP contribution >= 0.6 is 11.6 Å². The van der Waals surface area contributed by atoms with E-state index in [0.29, 0.717) is 5.02 Å². The predicted octanol–water partition coefficient (Wildman–Crippen LogP) is 5.99. The molecule has 1 amide bonds. The lowest BCUT2D eigenvalue weighted by molar-refractivity contribution is -0.118. The number of anilines is 1. The Bertz CT molecular complexity index is 956. The highest BCUT2D eigenvalue weighted by Gasteiger charge is 2.24. The Morgan fingerprint density at radius 2 is 1.61 bits per heavy atom. The number of rotatable bonds is 6. The van der Waals surface area contributed by atoms with E-state index < -0.39 is 6.04 Å². The average molecular weight is 393 g/mol. The summed E-state index contributed by atoms with van der Waals surface area (Å²) in [6, 6.07) is 22.9. The molecule has 3 rings (SSSR count). The Labute approximate surface area is 171 Å². The highest BCUT2D eigenvalue weighted by atomic mass is 35.5. The van der Waals surface area contributed by atoms with Crippen LogP contribution in [-0.4, -0.2) is 5.91 Å². The lowest BCUT2D eigenvalue weighted by atomic mass is 10.0. The van der Waals surface area contributed by atoms with Gasteiger partial charge in [-0.05, 0) is 55.2 Å².